The molecule has 3 heteroatoms. The molecule has 72 valence electrons. The molecular formula is C10H13ClO2. The van der Waals surface area contributed by atoms with Gasteiger partial charge in [-0.3, -0.25) is 0 Å². The zero-order valence-electron chi connectivity index (χ0n) is 7.84. The molecule has 0 saturated carbocycles. The monoisotopic (exact) mass is 200 g/mol. The number of ether oxygens (including phenoxy) is 1. The van der Waals surface area contributed by atoms with Crippen molar-refractivity contribution in [1.29, 1.82) is 0 Å². The van der Waals surface area contributed by atoms with Crippen molar-refractivity contribution in [2.45, 2.75) is 20.3 Å². The Morgan fingerprint density at radius 2 is 2.23 bits per heavy atom. The van der Waals surface area contributed by atoms with Crippen molar-refractivity contribution in [3.8, 4) is 0 Å². The summed E-state index contributed by atoms with van der Waals surface area (Å²) in [5.41, 5.74) is 0.554. The van der Waals surface area contributed by atoms with Crippen LogP contribution in [0.5, 0.6) is 0 Å². The Kier molecular flexibility index (Phi) is 5.98. The predicted octanol–water partition coefficient (Wildman–Crippen LogP) is 3.15. The lowest BCUT2D eigenvalue weighted by atomic mass is 10.2. The van der Waals surface area contributed by atoms with Gasteiger partial charge in [-0.05, 0) is 31.0 Å². The Bertz CT molecular complexity index is 252. The molecule has 0 bridgehead atoms. The van der Waals surface area contributed by atoms with Crippen LogP contribution < -0.4 is 0 Å². The second-order valence-corrected chi connectivity index (χ2v) is 2.76. The molecule has 0 spiro atoms. The van der Waals surface area contributed by atoms with Gasteiger partial charge in [0.05, 0.1) is 0 Å². The fraction of sp³-hybridized carbons (Fsp3) is 0.300. The van der Waals surface area contributed by atoms with Gasteiger partial charge in [0.1, 0.15) is 0 Å². The van der Waals surface area contributed by atoms with E-state index in [9.17, 15) is 4.79 Å². The van der Waals surface area contributed by atoms with E-state index >= 15 is 0 Å². The van der Waals surface area contributed by atoms with E-state index in [4.69, 9.17) is 16.3 Å². The van der Waals surface area contributed by atoms with Gasteiger partial charge in [-0.2, -0.15) is 0 Å². The molecule has 0 aromatic heterocycles. The molecule has 0 aromatic carbocycles. The van der Waals surface area contributed by atoms with E-state index in [1.54, 1.807) is 13.0 Å². The molecule has 0 aromatic rings. The molecule has 0 N–H and O–H groups in total. The second-order valence-electron chi connectivity index (χ2n) is 2.39. The van der Waals surface area contributed by atoms with Crippen LogP contribution in [-0.4, -0.2) is 5.97 Å². The zero-order chi connectivity index (χ0) is 10.3. The van der Waals surface area contributed by atoms with Crippen LogP contribution in [0, 0.1) is 0 Å². The number of halogens is 1. The minimum absolute atomic E-state index is 0.0313. The maximum Gasteiger partial charge on any atom is 0.339 e. The smallest absolute Gasteiger partial charge is 0.339 e. The molecule has 0 heterocycles. The molecule has 0 unspecified atom stereocenters. The second kappa shape index (κ2) is 6.49. The summed E-state index contributed by atoms with van der Waals surface area (Å²) in [5, 5.41) is 0.0313. The lowest BCUT2D eigenvalue weighted by molar-refractivity contribution is -0.134. The molecular weight excluding hydrogens is 188 g/mol. The quantitative estimate of drug-likeness (QED) is 0.302. The summed E-state index contributed by atoms with van der Waals surface area (Å²) in [6, 6.07) is 0. The predicted molar refractivity (Wildman–Crippen MR) is 54.3 cm³/mol. The van der Waals surface area contributed by atoms with E-state index in [-0.39, 0.29) is 5.22 Å². The van der Waals surface area contributed by atoms with E-state index in [1.807, 2.05) is 6.92 Å². The Hall–Kier alpha value is -1.02. The number of hydrogen-bond acceptors (Lipinski definition) is 2. The SMILES string of the molecule is C=C/C=C(\Cl)OC(=O)/C(C)=C/CC. The van der Waals surface area contributed by atoms with E-state index in [0.717, 1.165) is 6.42 Å². The van der Waals surface area contributed by atoms with Gasteiger partial charge in [0.15, 0.2) is 5.22 Å². The van der Waals surface area contributed by atoms with Crippen LogP contribution in [-0.2, 0) is 9.53 Å². The average molecular weight is 201 g/mol. The molecule has 13 heavy (non-hydrogen) atoms. The van der Waals surface area contributed by atoms with Gasteiger partial charge in [0, 0.05) is 5.57 Å². The number of esters is 1. The van der Waals surface area contributed by atoms with Gasteiger partial charge in [-0.25, -0.2) is 4.79 Å². The lowest BCUT2D eigenvalue weighted by Gasteiger charge is -2.01. The van der Waals surface area contributed by atoms with Crippen molar-refractivity contribution in [3.05, 3.63) is 35.6 Å². The zero-order valence-corrected chi connectivity index (χ0v) is 8.60. The average Bonchev–Trinajstić information content (AvgIpc) is 2.05. The summed E-state index contributed by atoms with van der Waals surface area (Å²) in [6.45, 7) is 7.05. The van der Waals surface area contributed by atoms with Crippen LogP contribution in [0.1, 0.15) is 20.3 Å². The molecule has 0 saturated heterocycles. The summed E-state index contributed by atoms with van der Waals surface area (Å²) < 4.78 is 4.75. The maximum absolute atomic E-state index is 11.2. The van der Waals surface area contributed by atoms with E-state index in [1.165, 1.54) is 12.2 Å². The van der Waals surface area contributed by atoms with Crippen LogP contribution in [0.25, 0.3) is 0 Å². The molecule has 0 aliphatic rings. The minimum atomic E-state index is -0.426. The topological polar surface area (TPSA) is 26.3 Å². The van der Waals surface area contributed by atoms with E-state index in [0.29, 0.717) is 5.57 Å². The Labute approximate surface area is 83.5 Å². The highest BCUT2D eigenvalue weighted by molar-refractivity contribution is 6.29. The summed E-state index contributed by atoms with van der Waals surface area (Å²) in [7, 11) is 0. The Balaban J connectivity index is 4.23. The third kappa shape index (κ3) is 5.26. The largest absolute Gasteiger partial charge is 0.411 e. The number of carbonyl (C=O) groups is 1. The minimum Gasteiger partial charge on any atom is -0.411 e. The van der Waals surface area contributed by atoms with Crippen LogP contribution in [0.15, 0.2) is 35.6 Å². The van der Waals surface area contributed by atoms with Gasteiger partial charge < -0.3 is 4.74 Å². The molecule has 0 aliphatic heterocycles. The van der Waals surface area contributed by atoms with Crippen LogP contribution in [0.3, 0.4) is 0 Å². The van der Waals surface area contributed by atoms with Gasteiger partial charge in [-0.15, -0.1) is 0 Å². The number of carbonyl (C=O) groups excluding carboxylic acids is 1. The molecule has 0 amide bonds. The molecule has 2 nitrogen and oxygen atoms in total. The third-order valence-electron chi connectivity index (χ3n) is 1.27. The standard InChI is InChI=1S/C10H13ClO2/c1-4-6-8(3)10(12)13-9(11)7-5-2/h5-7H,2,4H2,1,3H3/b8-6+,9-7+. The summed E-state index contributed by atoms with van der Waals surface area (Å²) in [4.78, 5) is 11.2. The van der Waals surface area contributed by atoms with E-state index in [2.05, 4.69) is 6.58 Å². The Morgan fingerprint density at radius 1 is 1.62 bits per heavy atom. The van der Waals surface area contributed by atoms with Gasteiger partial charge in [0.2, 0.25) is 0 Å². The molecule has 0 fully saturated rings. The number of allylic oxidation sites excluding steroid dienone is 3. The molecule has 0 atom stereocenters. The maximum atomic E-state index is 11.2. The van der Waals surface area contributed by atoms with Crippen molar-refractivity contribution < 1.29 is 9.53 Å². The number of rotatable bonds is 4. The van der Waals surface area contributed by atoms with Crippen molar-refractivity contribution in [2.24, 2.45) is 0 Å². The van der Waals surface area contributed by atoms with Crippen LogP contribution in [0.2, 0.25) is 0 Å². The third-order valence-corrected chi connectivity index (χ3v) is 1.47. The van der Waals surface area contributed by atoms with Gasteiger partial charge in [-0.1, -0.05) is 25.7 Å². The summed E-state index contributed by atoms with van der Waals surface area (Å²) in [6.07, 6.45) is 5.44. The summed E-state index contributed by atoms with van der Waals surface area (Å²) in [5.74, 6) is -0.426. The molecule has 0 aliphatic carbocycles. The van der Waals surface area contributed by atoms with Crippen LogP contribution in [0.4, 0.5) is 0 Å². The van der Waals surface area contributed by atoms with E-state index < -0.39 is 5.97 Å². The first-order valence-corrected chi connectivity index (χ1v) is 4.36. The Morgan fingerprint density at radius 3 is 2.69 bits per heavy atom. The van der Waals surface area contributed by atoms with Crippen molar-refractivity contribution in [3.63, 3.8) is 0 Å². The van der Waals surface area contributed by atoms with Crippen molar-refractivity contribution in [2.75, 3.05) is 0 Å². The van der Waals surface area contributed by atoms with Gasteiger partial charge >= 0.3 is 5.97 Å². The van der Waals surface area contributed by atoms with Crippen molar-refractivity contribution >= 4 is 17.6 Å². The lowest BCUT2D eigenvalue weighted by Crippen LogP contribution is -2.03. The van der Waals surface area contributed by atoms with Crippen LogP contribution >= 0.6 is 11.6 Å². The first kappa shape index (κ1) is 12.0. The number of hydrogen-bond donors (Lipinski definition) is 0. The highest BCUT2D eigenvalue weighted by Crippen LogP contribution is 2.08. The van der Waals surface area contributed by atoms with Gasteiger partial charge in [0.25, 0.3) is 0 Å². The first-order valence-electron chi connectivity index (χ1n) is 3.99. The fourth-order valence-corrected chi connectivity index (χ4v) is 0.844. The molecule has 0 rings (SSSR count). The first-order chi connectivity index (χ1) is 6.11. The molecule has 0 radical (unpaired) electrons. The highest BCUT2D eigenvalue weighted by Gasteiger charge is 2.06. The fourth-order valence-electron chi connectivity index (χ4n) is 0.685. The van der Waals surface area contributed by atoms with Crippen molar-refractivity contribution in [1.82, 2.24) is 0 Å². The summed E-state index contributed by atoms with van der Waals surface area (Å²) >= 11 is 5.54. The normalized spacial score (nSPS) is 12.5. The highest BCUT2D eigenvalue weighted by atomic mass is 35.5.